The Morgan fingerprint density at radius 3 is 2.45 bits per heavy atom. The molecule has 2 aromatic rings. The van der Waals surface area contributed by atoms with E-state index in [1.54, 1.807) is 0 Å². The number of carbonyl (C=O) groups is 1. The Labute approximate surface area is 124 Å². The van der Waals surface area contributed by atoms with Crippen molar-refractivity contribution in [2.75, 3.05) is 0 Å². The molecule has 20 heavy (non-hydrogen) atoms. The standard InChI is InChI=1S/C18H17ClO/c19-17-6-1-3-13(11-17)12-18(20)16-9-7-15(8-10-16)14-4-2-5-14/h1,3,6-11,14H,2,4-5,12H2. The quantitative estimate of drug-likeness (QED) is 0.720. The minimum absolute atomic E-state index is 0.146. The van der Waals surface area contributed by atoms with Crippen LogP contribution < -0.4 is 0 Å². The van der Waals surface area contributed by atoms with Gasteiger partial charge in [-0.05, 0) is 42.0 Å². The number of hydrogen-bond acceptors (Lipinski definition) is 1. The number of ketones is 1. The zero-order chi connectivity index (χ0) is 13.9. The maximum Gasteiger partial charge on any atom is 0.167 e. The molecule has 2 heteroatoms. The van der Waals surface area contributed by atoms with Crippen LogP contribution in [0.3, 0.4) is 0 Å². The van der Waals surface area contributed by atoms with Crippen LogP contribution in [-0.2, 0) is 6.42 Å². The average Bonchev–Trinajstić information content (AvgIpc) is 2.37. The van der Waals surface area contributed by atoms with Crippen LogP contribution in [0.5, 0.6) is 0 Å². The smallest absolute Gasteiger partial charge is 0.167 e. The molecule has 0 heterocycles. The monoisotopic (exact) mass is 284 g/mol. The first-order chi connectivity index (χ1) is 9.72. The lowest BCUT2D eigenvalue weighted by Gasteiger charge is -2.25. The Balaban J connectivity index is 1.70. The van der Waals surface area contributed by atoms with Gasteiger partial charge < -0.3 is 0 Å². The number of rotatable bonds is 4. The molecule has 1 fully saturated rings. The van der Waals surface area contributed by atoms with Gasteiger partial charge in [-0.3, -0.25) is 4.79 Å². The summed E-state index contributed by atoms with van der Waals surface area (Å²) < 4.78 is 0. The molecule has 3 rings (SSSR count). The minimum atomic E-state index is 0.146. The fourth-order valence-electron chi connectivity index (χ4n) is 2.62. The molecule has 0 saturated heterocycles. The SMILES string of the molecule is O=C(Cc1cccc(Cl)c1)c1ccc(C2CCC2)cc1. The summed E-state index contributed by atoms with van der Waals surface area (Å²) in [6.45, 7) is 0. The molecule has 102 valence electrons. The maximum absolute atomic E-state index is 12.2. The fourth-order valence-corrected chi connectivity index (χ4v) is 2.83. The number of halogens is 1. The third-order valence-corrected chi connectivity index (χ3v) is 4.30. The summed E-state index contributed by atoms with van der Waals surface area (Å²) in [5.74, 6) is 0.861. The molecular formula is C18H17ClO. The second-order valence-electron chi connectivity index (χ2n) is 5.48. The van der Waals surface area contributed by atoms with Crippen molar-refractivity contribution in [3.63, 3.8) is 0 Å². The molecule has 0 bridgehead atoms. The van der Waals surface area contributed by atoms with Crippen LogP contribution in [-0.4, -0.2) is 5.78 Å². The zero-order valence-electron chi connectivity index (χ0n) is 11.3. The van der Waals surface area contributed by atoms with Gasteiger partial charge in [-0.15, -0.1) is 0 Å². The first kappa shape index (κ1) is 13.4. The second-order valence-corrected chi connectivity index (χ2v) is 5.92. The first-order valence-corrected chi connectivity index (χ1v) is 7.48. The highest BCUT2D eigenvalue weighted by Crippen LogP contribution is 2.36. The molecule has 1 aliphatic rings. The van der Waals surface area contributed by atoms with Gasteiger partial charge in [-0.1, -0.05) is 54.4 Å². The topological polar surface area (TPSA) is 17.1 Å². The maximum atomic E-state index is 12.2. The zero-order valence-corrected chi connectivity index (χ0v) is 12.1. The van der Waals surface area contributed by atoms with Crippen molar-refractivity contribution in [1.29, 1.82) is 0 Å². The van der Waals surface area contributed by atoms with E-state index in [4.69, 9.17) is 11.6 Å². The van der Waals surface area contributed by atoms with E-state index in [2.05, 4.69) is 12.1 Å². The summed E-state index contributed by atoms with van der Waals surface area (Å²) in [7, 11) is 0. The number of carbonyl (C=O) groups excluding carboxylic acids is 1. The molecule has 0 spiro atoms. The van der Waals surface area contributed by atoms with E-state index >= 15 is 0 Å². The summed E-state index contributed by atoms with van der Waals surface area (Å²) in [4.78, 5) is 12.2. The molecule has 0 aromatic heterocycles. The van der Waals surface area contributed by atoms with Gasteiger partial charge in [0, 0.05) is 17.0 Å². The predicted molar refractivity (Wildman–Crippen MR) is 82.5 cm³/mol. The van der Waals surface area contributed by atoms with Crippen molar-refractivity contribution in [3.05, 3.63) is 70.2 Å². The summed E-state index contributed by atoms with van der Waals surface area (Å²) in [6, 6.07) is 15.6. The van der Waals surface area contributed by atoms with Crippen molar-refractivity contribution in [2.45, 2.75) is 31.6 Å². The molecule has 1 saturated carbocycles. The van der Waals surface area contributed by atoms with Crippen molar-refractivity contribution >= 4 is 17.4 Å². The van der Waals surface area contributed by atoms with Crippen LogP contribution in [0.1, 0.15) is 46.7 Å². The van der Waals surface area contributed by atoms with E-state index in [1.165, 1.54) is 24.8 Å². The van der Waals surface area contributed by atoms with E-state index in [9.17, 15) is 4.79 Å². The van der Waals surface area contributed by atoms with Crippen LogP contribution in [0.2, 0.25) is 5.02 Å². The first-order valence-electron chi connectivity index (χ1n) is 7.10. The van der Waals surface area contributed by atoms with Crippen LogP contribution in [0.4, 0.5) is 0 Å². The molecule has 0 amide bonds. The molecule has 0 unspecified atom stereocenters. The highest BCUT2D eigenvalue weighted by molar-refractivity contribution is 6.30. The summed E-state index contributed by atoms with van der Waals surface area (Å²) in [6.07, 6.45) is 4.31. The van der Waals surface area contributed by atoms with E-state index in [0.717, 1.165) is 11.1 Å². The molecule has 0 aliphatic heterocycles. The average molecular weight is 285 g/mol. The van der Waals surface area contributed by atoms with Crippen molar-refractivity contribution < 1.29 is 4.79 Å². The highest BCUT2D eigenvalue weighted by atomic mass is 35.5. The van der Waals surface area contributed by atoms with Gasteiger partial charge in [0.2, 0.25) is 0 Å². The molecular weight excluding hydrogens is 268 g/mol. The fraction of sp³-hybridized carbons (Fsp3) is 0.278. The molecule has 0 atom stereocenters. The van der Waals surface area contributed by atoms with Gasteiger partial charge in [-0.25, -0.2) is 0 Å². The Kier molecular flexibility index (Phi) is 3.88. The van der Waals surface area contributed by atoms with Gasteiger partial charge in [0.15, 0.2) is 5.78 Å². The van der Waals surface area contributed by atoms with E-state index in [0.29, 0.717) is 17.4 Å². The normalized spacial score (nSPS) is 14.8. The van der Waals surface area contributed by atoms with Gasteiger partial charge in [0.05, 0.1) is 0 Å². The van der Waals surface area contributed by atoms with Crippen molar-refractivity contribution in [1.82, 2.24) is 0 Å². The highest BCUT2D eigenvalue weighted by Gasteiger charge is 2.19. The lowest BCUT2D eigenvalue weighted by Crippen LogP contribution is -2.09. The Hall–Kier alpha value is -1.60. The minimum Gasteiger partial charge on any atom is -0.294 e. The van der Waals surface area contributed by atoms with Gasteiger partial charge in [0.1, 0.15) is 0 Å². The van der Waals surface area contributed by atoms with Crippen molar-refractivity contribution in [2.24, 2.45) is 0 Å². The summed E-state index contributed by atoms with van der Waals surface area (Å²) in [5, 5.41) is 0.677. The number of benzene rings is 2. The summed E-state index contributed by atoms with van der Waals surface area (Å²) >= 11 is 5.94. The molecule has 0 radical (unpaired) electrons. The van der Waals surface area contributed by atoms with Crippen LogP contribution in [0, 0.1) is 0 Å². The summed E-state index contributed by atoms with van der Waals surface area (Å²) in [5.41, 5.74) is 3.12. The predicted octanol–water partition coefficient (Wildman–Crippen LogP) is 5.03. The van der Waals surface area contributed by atoms with Crippen LogP contribution in [0.25, 0.3) is 0 Å². The van der Waals surface area contributed by atoms with Gasteiger partial charge in [0.25, 0.3) is 0 Å². The third-order valence-electron chi connectivity index (χ3n) is 4.06. The van der Waals surface area contributed by atoms with Crippen LogP contribution in [0.15, 0.2) is 48.5 Å². The lowest BCUT2D eigenvalue weighted by molar-refractivity contribution is 0.0993. The van der Waals surface area contributed by atoms with E-state index in [1.807, 2.05) is 36.4 Å². The largest absolute Gasteiger partial charge is 0.294 e. The molecule has 1 aliphatic carbocycles. The van der Waals surface area contributed by atoms with E-state index in [-0.39, 0.29) is 5.78 Å². The Morgan fingerprint density at radius 1 is 1.10 bits per heavy atom. The third kappa shape index (κ3) is 2.94. The van der Waals surface area contributed by atoms with E-state index < -0.39 is 0 Å². The Morgan fingerprint density at radius 2 is 1.85 bits per heavy atom. The second kappa shape index (κ2) is 5.80. The van der Waals surface area contributed by atoms with Crippen LogP contribution >= 0.6 is 11.6 Å². The van der Waals surface area contributed by atoms with Crippen molar-refractivity contribution in [3.8, 4) is 0 Å². The van der Waals surface area contributed by atoms with Gasteiger partial charge >= 0.3 is 0 Å². The molecule has 2 aromatic carbocycles. The van der Waals surface area contributed by atoms with Gasteiger partial charge in [-0.2, -0.15) is 0 Å². The Bertz CT molecular complexity index is 612. The number of hydrogen-bond donors (Lipinski definition) is 0. The lowest BCUT2D eigenvalue weighted by atomic mass is 9.80. The number of Topliss-reactive ketones (excluding diaryl/α,β-unsaturated/α-hetero) is 1. The molecule has 0 N–H and O–H groups in total. The molecule has 1 nitrogen and oxygen atoms in total.